The highest BCUT2D eigenvalue weighted by Gasteiger charge is 2.09. The van der Waals surface area contributed by atoms with Gasteiger partial charge in [-0.3, -0.25) is 0 Å². The van der Waals surface area contributed by atoms with E-state index in [2.05, 4.69) is 73.8 Å². The van der Waals surface area contributed by atoms with Crippen LogP contribution in [0.2, 0.25) is 0 Å². The van der Waals surface area contributed by atoms with Crippen molar-refractivity contribution in [2.24, 2.45) is 0 Å². The van der Waals surface area contributed by atoms with Gasteiger partial charge in [0.25, 0.3) is 0 Å². The van der Waals surface area contributed by atoms with Crippen molar-refractivity contribution in [3.05, 3.63) is 71.3 Å². The Morgan fingerprint density at radius 3 is 2.50 bits per heavy atom. The molecule has 0 fully saturated rings. The maximum absolute atomic E-state index is 3.60. The van der Waals surface area contributed by atoms with Crippen molar-refractivity contribution in [2.75, 3.05) is 6.54 Å². The molecule has 20 heavy (non-hydrogen) atoms. The van der Waals surface area contributed by atoms with Gasteiger partial charge in [-0.15, -0.1) is 0 Å². The number of nitrogens with one attached hydrogen (secondary N) is 1. The number of rotatable bonds is 7. The van der Waals surface area contributed by atoms with Crippen LogP contribution in [0.15, 0.2) is 54.6 Å². The van der Waals surface area contributed by atoms with Gasteiger partial charge in [-0.25, -0.2) is 0 Å². The van der Waals surface area contributed by atoms with E-state index < -0.39 is 0 Å². The van der Waals surface area contributed by atoms with Crippen LogP contribution in [0.25, 0.3) is 0 Å². The number of hydrogen-bond acceptors (Lipinski definition) is 1. The molecule has 1 heteroatoms. The summed E-state index contributed by atoms with van der Waals surface area (Å²) in [7, 11) is 0. The van der Waals surface area contributed by atoms with E-state index in [1.54, 1.807) is 0 Å². The summed E-state index contributed by atoms with van der Waals surface area (Å²) in [6, 6.07) is 20.1. The molecule has 0 bridgehead atoms. The molecule has 0 aliphatic heterocycles. The average molecular weight is 267 g/mol. The summed E-state index contributed by atoms with van der Waals surface area (Å²) in [6.07, 6.45) is 3.57. The van der Waals surface area contributed by atoms with Crippen molar-refractivity contribution >= 4 is 0 Å². The second-order valence-electron chi connectivity index (χ2n) is 5.40. The van der Waals surface area contributed by atoms with Gasteiger partial charge in [0.05, 0.1) is 0 Å². The lowest BCUT2D eigenvalue weighted by atomic mass is 9.98. The van der Waals surface area contributed by atoms with Crippen LogP contribution >= 0.6 is 0 Å². The molecule has 1 N–H and O–H groups in total. The Morgan fingerprint density at radius 1 is 1.00 bits per heavy atom. The molecule has 2 rings (SSSR count). The predicted octanol–water partition coefficient (Wildman–Crippen LogP) is 4.67. The van der Waals surface area contributed by atoms with Crippen molar-refractivity contribution in [1.29, 1.82) is 0 Å². The Labute approximate surface area is 123 Å². The van der Waals surface area contributed by atoms with E-state index in [0.29, 0.717) is 6.04 Å². The molecule has 1 unspecified atom stereocenters. The third kappa shape index (κ3) is 4.50. The molecule has 0 radical (unpaired) electrons. The highest BCUT2D eigenvalue weighted by molar-refractivity contribution is 5.22. The summed E-state index contributed by atoms with van der Waals surface area (Å²) < 4.78 is 0. The van der Waals surface area contributed by atoms with E-state index >= 15 is 0 Å². The molecule has 1 atom stereocenters. The topological polar surface area (TPSA) is 12.0 Å². The van der Waals surface area contributed by atoms with Crippen molar-refractivity contribution in [1.82, 2.24) is 5.32 Å². The van der Waals surface area contributed by atoms with E-state index in [4.69, 9.17) is 0 Å². The molecule has 0 saturated heterocycles. The number of aryl methyl sites for hydroxylation is 2. The first-order valence-electron chi connectivity index (χ1n) is 7.63. The molecular weight excluding hydrogens is 242 g/mol. The van der Waals surface area contributed by atoms with Gasteiger partial charge < -0.3 is 5.32 Å². The molecule has 0 aliphatic carbocycles. The van der Waals surface area contributed by atoms with Crippen LogP contribution in [0, 0.1) is 6.92 Å². The largest absolute Gasteiger partial charge is 0.310 e. The van der Waals surface area contributed by atoms with Crippen LogP contribution < -0.4 is 5.32 Å². The van der Waals surface area contributed by atoms with E-state index in [-0.39, 0.29) is 0 Å². The first-order chi connectivity index (χ1) is 9.79. The fraction of sp³-hybridized carbons (Fsp3) is 0.368. The molecule has 0 aromatic heterocycles. The van der Waals surface area contributed by atoms with Crippen LogP contribution in [-0.4, -0.2) is 6.54 Å². The molecule has 0 amide bonds. The molecule has 0 heterocycles. The highest BCUT2D eigenvalue weighted by atomic mass is 14.9. The van der Waals surface area contributed by atoms with Crippen LogP contribution in [0.3, 0.4) is 0 Å². The van der Waals surface area contributed by atoms with Gasteiger partial charge >= 0.3 is 0 Å². The van der Waals surface area contributed by atoms with Gasteiger partial charge in [0, 0.05) is 6.04 Å². The second kappa shape index (κ2) is 7.86. The van der Waals surface area contributed by atoms with Crippen LogP contribution in [-0.2, 0) is 6.42 Å². The predicted molar refractivity (Wildman–Crippen MR) is 87.0 cm³/mol. The van der Waals surface area contributed by atoms with E-state index in [9.17, 15) is 0 Å². The lowest BCUT2D eigenvalue weighted by Gasteiger charge is -2.18. The minimum Gasteiger partial charge on any atom is -0.310 e. The van der Waals surface area contributed by atoms with E-state index in [0.717, 1.165) is 13.0 Å². The van der Waals surface area contributed by atoms with Crippen molar-refractivity contribution < 1.29 is 0 Å². The minimum atomic E-state index is 0.478. The lowest BCUT2D eigenvalue weighted by molar-refractivity contribution is 0.498. The third-order valence-corrected chi connectivity index (χ3v) is 3.69. The smallest absolute Gasteiger partial charge is 0.0320 e. The zero-order valence-corrected chi connectivity index (χ0v) is 12.6. The Morgan fingerprint density at radius 2 is 1.80 bits per heavy atom. The fourth-order valence-electron chi connectivity index (χ4n) is 2.70. The first kappa shape index (κ1) is 14.8. The van der Waals surface area contributed by atoms with Crippen molar-refractivity contribution in [3.8, 4) is 0 Å². The molecule has 2 aromatic rings. The highest BCUT2D eigenvalue weighted by Crippen LogP contribution is 2.19. The summed E-state index contributed by atoms with van der Waals surface area (Å²) in [5.41, 5.74) is 4.21. The van der Waals surface area contributed by atoms with E-state index in [1.165, 1.54) is 29.5 Å². The maximum atomic E-state index is 3.60. The SMILES string of the molecule is CCNC(CCCc1cccc(C)c1)c1ccccc1. The molecule has 2 aromatic carbocycles. The maximum Gasteiger partial charge on any atom is 0.0320 e. The lowest BCUT2D eigenvalue weighted by Crippen LogP contribution is -2.20. The van der Waals surface area contributed by atoms with Crippen LogP contribution in [0.4, 0.5) is 0 Å². The van der Waals surface area contributed by atoms with Gasteiger partial charge in [0.15, 0.2) is 0 Å². The van der Waals surface area contributed by atoms with Crippen LogP contribution in [0.5, 0.6) is 0 Å². The van der Waals surface area contributed by atoms with Gasteiger partial charge in [0.2, 0.25) is 0 Å². The molecule has 1 nitrogen and oxygen atoms in total. The van der Waals surface area contributed by atoms with Gasteiger partial charge in [-0.1, -0.05) is 67.1 Å². The summed E-state index contributed by atoms with van der Waals surface area (Å²) in [6.45, 7) is 5.36. The fourth-order valence-corrected chi connectivity index (χ4v) is 2.70. The molecule has 0 aliphatic rings. The van der Waals surface area contributed by atoms with Gasteiger partial charge in [-0.05, 0) is 43.9 Å². The Hall–Kier alpha value is -1.60. The Kier molecular flexibility index (Phi) is 5.82. The molecule has 0 spiro atoms. The zero-order valence-electron chi connectivity index (χ0n) is 12.6. The van der Waals surface area contributed by atoms with Gasteiger partial charge in [-0.2, -0.15) is 0 Å². The molecular formula is C19H25N. The third-order valence-electron chi connectivity index (χ3n) is 3.69. The summed E-state index contributed by atoms with van der Waals surface area (Å²) >= 11 is 0. The van der Waals surface area contributed by atoms with Crippen molar-refractivity contribution in [2.45, 2.75) is 39.2 Å². The van der Waals surface area contributed by atoms with Crippen LogP contribution in [0.1, 0.15) is 42.5 Å². The summed E-state index contributed by atoms with van der Waals surface area (Å²) in [5, 5.41) is 3.60. The zero-order chi connectivity index (χ0) is 14.2. The normalized spacial score (nSPS) is 12.3. The van der Waals surface area contributed by atoms with Gasteiger partial charge in [0.1, 0.15) is 0 Å². The van der Waals surface area contributed by atoms with E-state index in [1.807, 2.05) is 0 Å². The summed E-state index contributed by atoms with van der Waals surface area (Å²) in [4.78, 5) is 0. The average Bonchev–Trinajstić information content (AvgIpc) is 2.47. The number of benzene rings is 2. The quantitative estimate of drug-likeness (QED) is 0.768. The molecule has 0 saturated carbocycles. The van der Waals surface area contributed by atoms with Crippen molar-refractivity contribution in [3.63, 3.8) is 0 Å². The second-order valence-corrected chi connectivity index (χ2v) is 5.40. The monoisotopic (exact) mass is 267 g/mol. The number of hydrogen-bond donors (Lipinski definition) is 1. The summed E-state index contributed by atoms with van der Waals surface area (Å²) in [5.74, 6) is 0. The Bertz CT molecular complexity index is 504. The minimum absolute atomic E-state index is 0.478. The first-order valence-corrected chi connectivity index (χ1v) is 7.63. The Balaban J connectivity index is 1.90. The standard InChI is InChI=1S/C19H25N/c1-3-20-19(18-12-5-4-6-13-18)14-8-11-17-10-7-9-16(2)15-17/h4-7,9-10,12-13,15,19-20H,3,8,11,14H2,1-2H3. The molecule has 106 valence electrons.